The molecule has 0 aromatic carbocycles. The molecule has 1 aliphatic carbocycles. The normalized spacial score (nSPS) is 29.3. The molecule has 0 spiro atoms. The first kappa shape index (κ1) is 23.4. The molecule has 0 radical (unpaired) electrons. The third kappa shape index (κ3) is 6.55. The van der Waals surface area contributed by atoms with E-state index in [1.807, 2.05) is 0 Å². The number of hydrogen-bond donors (Lipinski definition) is 0. The monoisotopic (exact) mass is 398 g/mol. The SMILES string of the molecule is CCCC[Si](CCCC)(CCCC)C1CCCC1C1OCCC(COC)O1. The molecular formula is C23H46O3Si. The standard InChI is InChI=1S/C23H46O3Si/c1-5-8-16-27(17-9-6-2,18-10-7-3)22-13-11-12-21(22)23-25-15-14-20(26-23)19-24-4/h20-23H,5-19H2,1-4H3. The summed E-state index contributed by atoms with van der Waals surface area (Å²) in [6.07, 6.45) is 13.7. The van der Waals surface area contributed by atoms with Crippen LogP contribution in [0.4, 0.5) is 0 Å². The van der Waals surface area contributed by atoms with Gasteiger partial charge in [-0.25, -0.2) is 0 Å². The van der Waals surface area contributed by atoms with Gasteiger partial charge in [0.25, 0.3) is 0 Å². The van der Waals surface area contributed by atoms with Gasteiger partial charge in [-0.2, -0.15) is 0 Å². The van der Waals surface area contributed by atoms with E-state index in [9.17, 15) is 0 Å². The highest BCUT2D eigenvalue weighted by Gasteiger charge is 2.49. The van der Waals surface area contributed by atoms with Gasteiger partial charge in [0, 0.05) is 13.0 Å². The fourth-order valence-electron chi connectivity index (χ4n) is 5.74. The second-order valence-corrected chi connectivity index (χ2v) is 14.1. The predicted octanol–water partition coefficient (Wildman–Crippen LogP) is 6.78. The van der Waals surface area contributed by atoms with Gasteiger partial charge >= 0.3 is 0 Å². The van der Waals surface area contributed by atoms with Crippen LogP contribution in [0.3, 0.4) is 0 Å². The van der Waals surface area contributed by atoms with Gasteiger partial charge in [-0.3, -0.25) is 0 Å². The Balaban J connectivity index is 2.17. The minimum Gasteiger partial charge on any atom is -0.382 e. The Morgan fingerprint density at radius 1 is 0.889 bits per heavy atom. The zero-order valence-corrected chi connectivity index (χ0v) is 19.6. The third-order valence-electron chi connectivity index (χ3n) is 7.19. The van der Waals surface area contributed by atoms with Gasteiger partial charge in [-0.1, -0.05) is 90.3 Å². The van der Waals surface area contributed by atoms with Crippen molar-refractivity contribution in [1.82, 2.24) is 0 Å². The van der Waals surface area contributed by atoms with E-state index in [0.717, 1.165) is 18.6 Å². The summed E-state index contributed by atoms with van der Waals surface area (Å²) in [5.74, 6) is 0.641. The minimum atomic E-state index is -1.30. The lowest BCUT2D eigenvalue weighted by Crippen LogP contribution is -2.47. The van der Waals surface area contributed by atoms with Gasteiger partial charge in [0.2, 0.25) is 0 Å². The van der Waals surface area contributed by atoms with Crippen molar-refractivity contribution >= 4 is 8.07 Å². The van der Waals surface area contributed by atoms with Crippen LogP contribution in [0.2, 0.25) is 23.7 Å². The maximum Gasteiger partial charge on any atom is 0.160 e. The molecule has 0 aromatic heterocycles. The summed E-state index contributed by atoms with van der Waals surface area (Å²) in [5, 5.41) is 0. The van der Waals surface area contributed by atoms with E-state index in [0.29, 0.717) is 12.5 Å². The lowest BCUT2D eigenvalue weighted by atomic mass is 10.1. The quantitative estimate of drug-likeness (QED) is 0.320. The van der Waals surface area contributed by atoms with Crippen molar-refractivity contribution in [3.8, 4) is 0 Å². The van der Waals surface area contributed by atoms with Crippen molar-refractivity contribution in [2.45, 2.75) is 121 Å². The molecule has 4 heteroatoms. The Labute approximate surface area is 169 Å². The molecule has 2 fully saturated rings. The van der Waals surface area contributed by atoms with Crippen molar-refractivity contribution in [2.75, 3.05) is 20.3 Å². The van der Waals surface area contributed by atoms with Crippen molar-refractivity contribution in [3.05, 3.63) is 0 Å². The summed E-state index contributed by atoms with van der Waals surface area (Å²) >= 11 is 0. The van der Waals surface area contributed by atoms with Gasteiger partial charge in [0.15, 0.2) is 6.29 Å². The van der Waals surface area contributed by atoms with Gasteiger partial charge < -0.3 is 14.2 Å². The van der Waals surface area contributed by atoms with Crippen molar-refractivity contribution in [1.29, 1.82) is 0 Å². The molecule has 1 saturated heterocycles. The van der Waals surface area contributed by atoms with Gasteiger partial charge in [-0.05, 0) is 18.4 Å². The second kappa shape index (κ2) is 12.6. The van der Waals surface area contributed by atoms with Crippen molar-refractivity contribution in [3.63, 3.8) is 0 Å². The molecule has 0 bridgehead atoms. The number of rotatable bonds is 13. The fraction of sp³-hybridized carbons (Fsp3) is 1.00. The Bertz CT molecular complexity index is 366. The lowest BCUT2D eigenvalue weighted by Gasteiger charge is -2.44. The molecule has 2 rings (SSSR count). The van der Waals surface area contributed by atoms with Crippen LogP contribution < -0.4 is 0 Å². The summed E-state index contributed by atoms with van der Waals surface area (Å²) < 4.78 is 18.0. The Hall–Kier alpha value is 0.0969. The molecule has 4 unspecified atom stereocenters. The molecule has 27 heavy (non-hydrogen) atoms. The molecule has 160 valence electrons. The second-order valence-electron chi connectivity index (χ2n) is 9.12. The first-order valence-electron chi connectivity index (χ1n) is 12.0. The van der Waals surface area contributed by atoms with E-state index in [-0.39, 0.29) is 12.4 Å². The highest BCUT2D eigenvalue weighted by atomic mass is 28.3. The highest BCUT2D eigenvalue weighted by molar-refractivity contribution is 6.81. The van der Waals surface area contributed by atoms with E-state index in [1.54, 1.807) is 25.2 Å². The molecule has 4 atom stereocenters. The molecule has 1 saturated carbocycles. The van der Waals surface area contributed by atoms with Crippen LogP contribution in [0.1, 0.15) is 85.0 Å². The van der Waals surface area contributed by atoms with Crippen molar-refractivity contribution < 1.29 is 14.2 Å². The third-order valence-corrected chi connectivity index (χ3v) is 13.5. The molecule has 2 aliphatic rings. The number of methoxy groups -OCH3 is 1. The van der Waals surface area contributed by atoms with E-state index in [4.69, 9.17) is 14.2 Å². The van der Waals surface area contributed by atoms with Crippen LogP contribution in [0.5, 0.6) is 0 Å². The van der Waals surface area contributed by atoms with Gasteiger partial charge in [-0.15, -0.1) is 0 Å². The van der Waals surface area contributed by atoms with E-state index >= 15 is 0 Å². The molecular weight excluding hydrogens is 352 g/mol. The maximum atomic E-state index is 6.42. The largest absolute Gasteiger partial charge is 0.382 e. The van der Waals surface area contributed by atoms with Crippen LogP contribution in [0.15, 0.2) is 0 Å². The van der Waals surface area contributed by atoms with Crippen LogP contribution in [0.25, 0.3) is 0 Å². The molecule has 1 aliphatic heterocycles. The molecule has 0 aromatic rings. The average Bonchev–Trinajstić information content (AvgIpc) is 3.19. The summed E-state index contributed by atoms with van der Waals surface area (Å²) in [4.78, 5) is 0. The predicted molar refractivity (Wildman–Crippen MR) is 117 cm³/mol. The number of ether oxygens (including phenoxy) is 3. The summed E-state index contributed by atoms with van der Waals surface area (Å²) in [6, 6.07) is 4.62. The summed E-state index contributed by atoms with van der Waals surface area (Å²) in [7, 11) is 0.478. The topological polar surface area (TPSA) is 27.7 Å². The highest BCUT2D eigenvalue weighted by Crippen LogP contribution is 2.52. The zero-order valence-electron chi connectivity index (χ0n) is 18.6. The van der Waals surface area contributed by atoms with Crippen LogP contribution >= 0.6 is 0 Å². The summed E-state index contributed by atoms with van der Waals surface area (Å²) in [5.41, 5.74) is 0.911. The molecule has 3 nitrogen and oxygen atoms in total. The van der Waals surface area contributed by atoms with Crippen LogP contribution in [0, 0.1) is 5.92 Å². The lowest BCUT2D eigenvalue weighted by molar-refractivity contribution is -0.242. The minimum absolute atomic E-state index is 0.0307. The summed E-state index contributed by atoms with van der Waals surface area (Å²) in [6.45, 7) is 8.66. The smallest absolute Gasteiger partial charge is 0.160 e. The van der Waals surface area contributed by atoms with E-state index in [1.165, 1.54) is 57.8 Å². The molecule has 0 amide bonds. The molecule has 1 heterocycles. The molecule has 0 N–H and O–H groups in total. The fourth-order valence-corrected chi connectivity index (χ4v) is 12.8. The number of unbranched alkanes of at least 4 members (excludes halogenated alkanes) is 3. The van der Waals surface area contributed by atoms with E-state index < -0.39 is 8.07 Å². The Morgan fingerprint density at radius 2 is 1.52 bits per heavy atom. The average molecular weight is 399 g/mol. The van der Waals surface area contributed by atoms with E-state index in [2.05, 4.69) is 20.8 Å². The van der Waals surface area contributed by atoms with Gasteiger partial charge in [0.05, 0.1) is 27.4 Å². The van der Waals surface area contributed by atoms with Crippen molar-refractivity contribution in [2.24, 2.45) is 5.92 Å². The first-order chi connectivity index (χ1) is 13.2. The Morgan fingerprint density at radius 3 is 2.07 bits per heavy atom. The number of hydrogen-bond acceptors (Lipinski definition) is 3. The van der Waals surface area contributed by atoms with Gasteiger partial charge in [0.1, 0.15) is 0 Å². The first-order valence-corrected chi connectivity index (χ1v) is 14.7. The van der Waals surface area contributed by atoms with Crippen LogP contribution in [-0.4, -0.2) is 40.8 Å². The van der Waals surface area contributed by atoms with Crippen LogP contribution in [-0.2, 0) is 14.2 Å². The maximum absolute atomic E-state index is 6.42. The zero-order chi connectivity index (χ0) is 19.5. The Kier molecular flexibility index (Phi) is 10.9.